The number of carbonyl (C=O) groups excluding carboxylic acids is 1. The zero-order valence-electron chi connectivity index (χ0n) is 10.9. The fourth-order valence-electron chi connectivity index (χ4n) is 1.75. The molecule has 4 nitrogen and oxygen atoms in total. The lowest BCUT2D eigenvalue weighted by Gasteiger charge is -2.09. The number of ether oxygens (including phenoxy) is 1. The number of methoxy groups -OCH3 is 1. The Morgan fingerprint density at radius 1 is 1.25 bits per heavy atom. The molecule has 5 heteroatoms. The molecule has 2 aromatic carbocycles. The van der Waals surface area contributed by atoms with E-state index in [1.165, 1.54) is 25.3 Å². The third-order valence-corrected chi connectivity index (χ3v) is 2.83. The second-order valence-electron chi connectivity index (χ2n) is 4.17. The first kappa shape index (κ1) is 13.9. The summed E-state index contributed by atoms with van der Waals surface area (Å²) in [4.78, 5) is 12.0. The summed E-state index contributed by atoms with van der Waals surface area (Å²) < 4.78 is 17.7. The molecular formula is C15H14FNO3. The average Bonchev–Trinajstić information content (AvgIpc) is 2.46. The summed E-state index contributed by atoms with van der Waals surface area (Å²) in [6, 6.07) is 10.5. The Morgan fingerprint density at radius 3 is 2.60 bits per heavy atom. The fraction of sp³-hybridized carbons (Fsp3) is 0.133. The van der Waals surface area contributed by atoms with Crippen molar-refractivity contribution in [3.8, 4) is 11.5 Å². The maximum atomic E-state index is 12.8. The second kappa shape index (κ2) is 6.06. The highest BCUT2D eigenvalue weighted by Gasteiger charge is 2.14. The lowest BCUT2D eigenvalue weighted by molar-refractivity contribution is 0.0947. The third kappa shape index (κ3) is 3.06. The average molecular weight is 275 g/mol. The van der Waals surface area contributed by atoms with Crippen molar-refractivity contribution in [2.24, 2.45) is 0 Å². The molecule has 2 aromatic rings. The number of benzene rings is 2. The molecule has 0 saturated carbocycles. The minimum absolute atomic E-state index is 0.131. The molecule has 0 aliphatic rings. The van der Waals surface area contributed by atoms with Crippen molar-refractivity contribution >= 4 is 5.91 Å². The predicted molar refractivity (Wildman–Crippen MR) is 72.2 cm³/mol. The summed E-state index contributed by atoms with van der Waals surface area (Å²) in [5.41, 5.74) is 0.897. The number of hydrogen-bond acceptors (Lipinski definition) is 3. The number of carbonyl (C=O) groups is 1. The van der Waals surface area contributed by atoms with E-state index >= 15 is 0 Å². The highest BCUT2D eigenvalue weighted by Crippen LogP contribution is 2.29. The summed E-state index contributed by atoms with van der Waals surface area (Å²) in [5, 5.41) is 12.5. The molecule has 20 heavy (non-hydrogen) atoms. The molecule has 0 bridgehead atoms. The van der Waals surface area contributed by atoms with Crippen molar-refractivity contribution in [3.05, 3.63) is 59.4 Å². The largest absolute Gasteiger partial charge is 0.504 e. The van der Waals surface area contributed by atoms with E-state index in [0.717, 1.165) is 5.56 Å². The van der Waals surface area contributed by atoms with E-state index in [9.17, 15) is 14.3 Å². The van der Waals surface area contributed by atoms with Crippen LogP contribution in [0.4, 0.5) is 4.39 Å². The van der Waals surface area contributed by atoms with Crippen LogP contribution in [0.25, 0.3) is 0 Å². The van der Waals surface area contributed by atoms with Crippen LogP contribution >= 0.6 is 0 Å². The van der Waals surface area contributed by atoms with Gasteiger partial charge in [0.25, 0.3) is 5.91 Å². The standard InChI is InChI=1S/C15H14FNO3/c1-20-13-4-2-3-12(14(13)18)15(19)17-9-10-5-7-11(16)8-6-10/h2-8,18H,9H2,1H3,(H,17,19). The Hall–Kier alpha value is -2.56. The van der Waals surface area contributed by atoms with Crippen molar-refractivity contribution < 1.29 is 19.0 Å². The van der Waals surface area contributed by atoms with Crippen molar-refractivity contribution in [1.29, 1.82) is 0 Å². The molecule has 0 spiro atoms. The number of phenolic OH excluding ortho intramolecular Hbond substituents is 1. The maximum Gasteiger partial charge on any atom is 0.255 e. The van der Waals surface area contributed by atoms with Gasteiger partial charge in [-0.25, -0.2) is 4.39 Å². The quantitative estimate of drug-likeness (QED) is 0.901. The normalized spacial score (nSPS) is 10.1. The number of para-hydroxylation sites is 1. The van der Waals surface area contributed by atoms with Gasteiger partial charge >= 0.3 is 0 Å². The van der Waals surface area contributed by atoms with E-state index in [2.05, 4.69) is 5.32 Å². The van der Waals surface area contributed by atoms with Crippen LogP contribution in [0.5, 0.6) is 11.5 Å². The molecule has 104 valence electrons. The van der Waals surface area contributed by atoms with Gasteiger partial charge < -0.3 is 15.2 Å². The molecule has 0 atom stereocenters. The topological polar surface area (TPSA) is 58.6 Å². The number of phenols is 1. The van der Waals surface area contributed by atoms with Gasteiger partial charge in [-0.1, -0.05) is 18.2 Å². The highest BCUT2D eigenvalue weighted by atomic mass is 19.1. The summed E-state index contributed by atoms with van der Waals surface area (Å²) >= 11 is 0. The minimum atomic E-state index is -0.425. The number of aromatic hydroxyl groups is 1. The van der Waals surface area contributed by atoms with Crippen LogP contribution in [-0.2, 0) is 6.54 Å². The Labute approximate surface area is 115 Å². The molecule has 2 N–H and O–H groups in total. The summed E-state index contributed by atoms with van der Waals surface area (Å²) in [5.74, 6) is -0.720. The number of hydrogen-bond donors (Lipinski definition) is 2. The lowest BCUT2D eigenvalue weighted by Crippen LogP contribution is -2.22. The first-order chi connectivity index (χ1) is 9.61. The smallest absolute Gasteiger partial charge is 0.255 e. The molecule has 0 unspecified atom stereocenters. The Balaban J connectivity index is 2.07. The molecule has 1 amide bonds. The van der Waals surface area contributed by atoms with Crippen LogP contribution in [-0.4, -0.2) is 18.1 Å². The number of halogens is 1. The van der Waals surface area contributed by atoms with Gasteiger partial charge in [0.05, 0.1) is 12.7 Å². The van der Waals surface area contributed by atoms with Gasteiger partial charge in [-0.05, 0) is 29.8 Å². The van der Waals surface area contributed by atoms with E-state index in [4.69, 9.17) is 4.74 Å². The maximum absolute atomic E-state index is 12.8. The minimum Gasteiger partial charge on any atom is -0.504 e. The molecule has 0 radical (unpaired) electrons. The summed E-state index contributed by atoms with van der Waals surface area (Å²) in [7, 11) is 1.41. The van der Waals surface area contributed by atoms with Crippen LogP contribution in [0, 0.1) is 5.82 Å². The molecule has 0 fully saturated rings. The molecule has 0 aliphatic heterocycles. The molecule has 0 aromatic heterocycles. The van der Waals surface area contributed by atoms with E-state index in [1.54, 1.807) is 24.3 Å². The number of rotatable bonds is 4. The molecule has 0 aliphatic carbocycles. The molecular weight excluding hydrogens is 261 g/mol. The zero-order chi connectivity index (χ0) is 14.5. The van der Waals surface area contributed by atoms with Gasteiger partial charge in [0.2, 0.25) is 0 Å². The van der Waals surface area contributed by atoms with Gasteiger partial charge in [-0.2, -0.15) is 0 Å². The number of amides is 1. The van der Waals surface area contributed by atoms with Crippen LogP contribution in [0.1, 0.15) is 15.9 Å². The van der Waals surface area contributed by atoms with Crippen LogP contribution in [0.15, 0.2) is 42.5 Å². The van der Waals surface area contributed by atoms with Gasteiger partial charge in [-0.15, -0.1) is 0 Å². The monoisotopic (exact) mass is 275 g/mol. The Kier molecular flexibility index (Phi) is 4.20. The predicted octanol–water partition coefficient (Wildman–Crippen LogP) is 2.47. The van der Waals surface area contributed by atoms with Crippen LogP contribution in [0.3, 0.4) is 0 Å². The molecule has 0 heterocycles. The zero-order valence-corrected chi connectivity index (χ0v) is 10.9. The van der Waals surface area contributed by atoms with E-state index in [-0.39, 0.29) is 29.4 Å². The third-order valence-electron chi connectivity index (χ3n) is 2.83. The number of nitrogens with one attached hydrogen (secondary N) is 1. The van der Waals surface area contributed by atoms with Crippen molar-refractivity contribution in [3.63, 3.8) is 0 Å². The van der Waals surface area contributed by atoms with E-state index < -0.39 is 5.91 Å². The lowest BCUT2D eigenvalue weighted by atomic mass is 10.1. The van der Waals surface area contributed by atoms with Crippen molar-refractivity contribution in [2.75, 3.05) is 7.11 Å². The first-order valence-corrected chi connectivity index (χ1v) is 6.00. The molecule has 2 rings (SSSR count). The highest BCUT2D eigenvalue weighted by molar-refractivity contribution is 5.97. The summed E-state index contributed by atoms with van der Waals surface area (Å²) in [6.45, 7) is 0.246. The van der Waals surface area contributed by atoms with E-state index in [0.29, 0.717) is 0 Å². The Morgan fingerprint density at radius 2 is 1.95 bits per heavy atom. The van der Waals surface area contributed by atoms with Crippen LogP contribution in [0.2, 0.25) is 0 Å². The van der Waals surface area contributed by atoms with Gasteiger partial charge in [-0.3, -0.25) is 4.79 Å². The van der Waals surface area contributed by atoms with Crippen molar-refractivity contribution in [1.82, 2.24) is 5.32 Å². The summed E-state index contributed by atoms with van der Waals surface area (Å²) in [6.07, 6.45) is 0. The first-order valence-electron chi connectivity index (χ1n) is 6.00. The van der Waals surface area contributed by atoms with Crippen LogP contribution < -0.4 is 10.1 Å². The second-order valence-corrected chi connectivity index (χ2v) is 4.17. The van der Waals surface area contributed by atoms with Gasteiger partial charge in [0.15, 0.2) is 11.5 Å². The Bertz CT molecular complexity index is 611. The fourth-order valence-corrected chi connectivity index (χ4v) is 1.75. The molecule has 0 saturated heterocycles. The van der Waals surface area contributed by atoms with Gasteiger partial charge in [0.1, 0.15) is 5.82 Å². The van der Waals surface area contributed by atoms with Crippen molar-refractivity contribution in [2.45, 2.75) is 6.54 Å². The van der Waals surface area contributed by atoms with E-state index in [1.807, 2.05) is 0 Å². The SMILES string of the molecule is COc1cccc(C(=O)NCc2ccc(F)cc2)c1O. The van der Waals surface area contributed by atoms with Gasteiger partial charge in [0, 0.05) is 6.54 Å².